The van der Waals surface area contributed by atoms with E-state index in [0.717, 1.165) is 13.0 Å². The molecule has 1 aromatic rings. The molecule has 0 radical (unpaired) electrons. The highest BCUT2D eigenvalue weighted by atomic mass is 19.1. The van der Waals surface area contributed by atoms with Crippen molar-refractivity contribution in [2.24, 2.45) is 11.3 Å². The van der Waals surface area contributed by atoms with E-state index < -0.39 is 11.2 Å². The fraction of sp³-hybridized carbons (Fsp3) is 0.533. The van der Waals surface area contributed by atoms with Gasteiger partial charge in [0.15, 0.2) is 0 Å². The quantitative estimate of drug-likeness (QED) is 0.890. The Hall–Kier alpha value is -1.62. The van der Waals surface area contributed by atoms with Gasteiger partial charge in [0, 0.05) is 12.6 Å². The van der Waals surface area contributed by atoms with Gasteiger partial charge in [0.2, 0.25) is 5.91 Å². The van der Waals surface area contributed by atoms with Crippen LogP contribution in [0.15, 0.2) is 18.2 Å². The zero-order valence-electron chi connectivity index (χ0n) is 12.1. The molecule has 5 heteroatoms. The molecule has 1 fully saturated rings. The number of anilines is 1. The number of hydrogen-bond acceptors (Lipinski definition) is 3. The van der Waals surface area contributed by atoms with Crippen LogP contribution in [0.2, 0.25) is 0 Å². The summed E-state index contributed by atoms with van der Waals surface area (Å²) in [6.07, 6.45) is 0.766. The summed E-state index contributed by atoms with van der Waals surface area (Å²) < 4.78 is 18.9. The molecule has 4 nitrogen and oxygen atoms in total. The minimum absolute atomic E-state index is 0.135. The Morgan fingerprint density at radius 2 is 2.25 bits per heavy atom. The molecule has 1 atom stereocenters. The average molecular weight is 280 g/mol. The Labute approximate surface area is 118 Å². The number of carbonyl (C=O) groups is 1. The van der Waals surface area contributed by atoms with E-state index in [2.05, 4.69) is 10.6 Å². The minimum Gasteiger partial charge on any atom is -0.497 e. The molecule has 1 heterocycles. The predicted molar refractivity (Wildman–Crippen MR) is 76.3 cm³/mol. The van der Waals surface area contributed by atoms with Crippen molar-refractivity contribution in [1.29, 1.82) is 0 Å². The smallest absolute Gasteiger partial charge is 0.232 e. The molecule has 0 spiro atoms. The molecular weight excluding hydrogens is 259 g/mol. The van der Waals surface area contributed by atoms with E-state index in [0.29, 0.717) is 12.3 Å². The van der Waals surface area contributed by atoms with Gasteiger partial charge in [-0.15, -0.1) is 0 Å². The number of halogens is 1. The lowest BCUT2D eigenvalue weighted by atomic mass is 9.75. The highest BCUT2D eigenvalue weighted by Gasteiger charge is 2.44. The Bertz CT molecular complexity index is 497. The molecule has 0 aliphatic carbocycles. The van der Waals surface area contributed by atoms with E-state index in [1.807, 2.05) is 13.8 Å². The number of nitrogens with one attached hydrogen (secondary N) is 2. The zero-order chi connectivity index (χ0) is 14.8. The van der Waals surface area contributed by atoms with Crippen LogP contribution in [0.4, 0.5) is 10.1 Å². The number of methoxy groups -OCH3 is 1. The van der Waals surface area contributed by atoms with E-state index in [9.17, 15) is 9.18 Å². The molecule has 1 amide bonds. The van der Waals surface area contributed by atoms with Crippen molar-refractivity contribution in [3.8, 4) is 5.75 Å². The maximum atomic E-state index is 13.8. The molecule has 20 heavy (non-hydrogen) atoms. The number of rotatable bonds is 4. The summed E-state index contributed by atoms with van der Waals surface area (Å²) in [5, 5.41) is 5.93. The van der Waals surface area contributed by atoms with Crippen LogP contribution in [-0.4, -0.2) is 26.1 Å². The van der Waals surface area contributed by atoms with Gasteiger partial charge in [-0.1, -0.05) is 13.8 Å². The van der Waals surface area contributed by atoms with Crippen LogP contribution >= 0.6 is 0 Å². The molecule has 0 aromatic heterocycles. The Kier molecular flexibility index (Phi) is 4.28. The SMILES string of the molecule is COc1ccc(F)c(NC(=O)C2(C(C)C)CCNC2)c1. The number of hydrogen-bond donors (Lipinski definition) is 2. The summed E-state index contributed by atoms with van der Waals surface area (Å²) in [4.78, 5) is 12.6. The van der Waals surface area contributed by atoms with E-state index in [-0.39, 0.29) is 17.5 Å². The van der Waals surface area contributed by atoms with E-state index in [1.165, 1.54) is 25.3 Å². The maximum absolute atomic E-state index is 13.8. The van der Waals surface area contributed by atoms with Gasteiger partial charge in [-0.05, 0) is 31.0 Å². The highest BCUT2D eigenvalue weighted by Crippen LogP contribution is 2.36. The lowest BCUT2D eigenvalue weighted by molar-refractivity contribution is -0.126. The van der Waals surface area contributed by atoms with E-state index in [4.69, 9.17) is 4.74 Å². The van der Waals surface area contributed by atoms with Crippen LogP contribution in [-0.2, 0) is 4.79 Å². The van der Waals surface area contributed by atoms with Crippen LogP contribution < -0.4 is 15.4 Å². The highest BCUT2D eigenvalue weighted by molar-refractivity contribution is 5.96. The Morgan fingerprint density at radius 3 is 2.80 bits per heavy atom. The normalized spacial score (nSPS) is 22.1. The largest absolute Gasteiger partial charge is 0.497 e. The van der Waals surface area contributed by atoms with Crippen molar-refractivity contribution in [2.75, 3.05) is 25.5 Å². The molecule has 1 aromatic carbocycles. The van der Waals surface area contributed by atoms with Gasteiger partial charge in [0.05, 0.1) is 18.2 Å². The third-order valence-corrected chi connectivity index (χ3v) is 4.17. The lowest BCUT2D eigenvalue weighted by Crippen LogP contribution is -2.42. The topological polar surface area (TPSA) is 50.4 Å². The molecular formula is C15H21FN2O2. The van der Waals surface area contributed by atoms with Gasteiger partial charge in [-0.25, -0.2) is 4.39 Å². The second kappa shape index (κ2) is 5.79. The first kappa shape index (κ1) is 14.8. The molecule has 2 N–H and O–H groups in total. The lowest BCUT2D eigenvalue weighted by Gasteiger charge is -2.31. The van der Waals surface area contributed by atoms with Crippen molar-refractivity contribution in [3.63, 3.8) is 0 Å². The van der Waals surface area contributed by atoms with Crippen molar-refractivity contribution in [2.45, 2.75) is 20.3 Å². The van der Waals surface area contributed by atoms with E-state index >= 15 is 0 Å². The molecule has 1 unspecified atom stereocenters. The minimum atomic E-state index is -0.477. The molecule has 110 valence electrons. The summed E-state index contributed by atoms with van der Waals surface area (Å²) in [6, 6.07) is 4.33. The van der Waals surface area contributed by atoms with Gasteiger partial charge in [-0.3, -0.25) is 4.79 Å². The summed E-state index contributed by atoms with van der Waals surface area (Å²) in [7, 11) is 1.51. The third kappa shape index (κ3) is 2.63. The van der Waals surface area contributed by atoms with Gasteiger partial charge in [-0.2, -0.15) is 0 Å². The second-order valence-electron chi connectivity index (χ2n) is 5.54. The van der Waals surface area contributed by atoms with Crippen LogP contribution in [0.1, 0.15) is 20.3 Å². The predicted octanol–water partition coefficient (Wildman–Crippen LogP) is 2.41. The Morgan fingerprint density at radius 1 is 1.50 bits per heavy atom. The molecule has 2 rings (SSSR count). The van der Waals surface area contributed by atoms with Crippen LogP contribution in [0.5, 0.6) is 5.75 Å². The third-order valence-electron chi connectivity index (χ3n) is 4.17. The number of carbonyl (C=O) groups excluding carboxylic acids is 1. The number of ether oxygens (including phenoxy) is 1. The van der Waals surface area contributed by atoms with E-state index in [1.54, 1.807) is 0 Å². The Balaban J connectivity index is 2.22. The fourth-order valence-electron chi connectivity index (χ4n) is 2.63. The van der Waals surface area contributed by atoms with Crippen LogP contribution in [0.25, 0.3) is 0 Å². The average Bonchev–Trinajstić information content (AvgIpc) is 2.92. The molecule has 0 bridgehead atoms. The van der Waals surface area contributed by atoms with Gasteiger partial charge in [0.1, 0.15) is 11.6 Å². The number of amides is 1. The van der Waals surface area contributed by atoms with Crippen molar-refractivity contribution >= 4 is 11.6 Å². The zero-order valence-corrected chi connectivity index (χ0v) is 12.1. The fourth-order valence-corrected chi connectivity index (χ4v) is 2.63. The number of benzene rings is 1. The molecule has 1 aliphatic heterocycles. The van der Waals surface area contributed by atoms with Crippen LogP contribution in [0, 0.1) is 17.2 Å². The summed E-state index contributed by atoms with van der Waals surface area (Å²) in [5.41, 5.74) is -0.309. The van der Waals surface area contributed by atoms with Gasteiger partial charge >= 0.3 is 0 Å². The first-order chi connectivity index (χ1) is 9.49. The van der Waals surface area contributed by atoms with Gasteiger partial charge in [0.25, 0.3) is 0 Å². The summed E-state index contributed by atoms with van der Waals surface area (Å²) in [5.74, 6) is 0.115. The summed E-state index contributed by atoms with van der Waals surface area (Å²) in [6.45, 7) is 5.48. The molecule has 1 aliphatic rings. The monoisotopic (exact) mass is 280 g/mol. The first-order valence-electron chi connectivity index (χ1n) is 6.85. The van der Waals surface area contributed by atoms with Crippen molar-refractivity contribution in [1.82, 2.24) is 5.32 Å². The first-order valence-corrected chi connectivity index (χ1v) is 6.85. The van der Waals surface area contributed by atoms with Crippen molar-refractivity contribution < 1.29 is 13.9 Å². The van der Waals surface area contributed by atoms with Crippen molar-refractivity contribution in [3.05, 3.63) is 24.0 Å². The second-order valence-corrected chi connectivity index (χ2v) is 5.54. The molecule has 0 saturated carbocycles. The molecule has 1 saturated heterocycles. The van der Waals surface area contributed by atoms with Gasteiger partial charge < -0.3 is 15.4 Å². The standard InChI is InChI=1S/C15H21FN2O2/c1-10(2)15(6-7-17-9-15)14(19)18-13-8-11(20-3)4-5-12(13)16/h4-5,8,10,17H,6-7,9H2,1-3H3,(H,18,19). The van der Waals surface area contributed by atoms with Crippen LogP contribution in [0.3, 0.4) is 0 Å². The maximum Gasteiger partial charge on any atom is 0.232 e. The summed E-state index contributed by atoms with van der Waals surface area (Å²) >= 11 is 0.